The number of benzene rings is 2. The van der Waals surface area contributed by atoms with Gasteiger partial charge in [0.25, 0.3) is 5.91 Å². The Morgan fingerprint density at radius 2 is 1.64 bits per heavy atom. The van der Waals surface area contributed by atoms with Crippen LogP contribution in [-0.4, -0.2) is 23.5 Å². The summed E-state index contributed by atoms with van der Waals surface area (Å²) >= 11 is 5.33. The van der Waals surface area contributed by atoms with Crippen LogP contribution in [0.3, 0.4) is 0 Å². The summed E-state index contributed by atoms with van der Waals surface area (Å²) in [7, 11) is 0. The average molecular weight is 468 g/mol. The molecular weight excluding hydrogens is 434 g/mol. The lowest BCUT2D eigenvalue weighted by atomic mass is 10.1. The lowest BCUT2D eigenvalue weighted by molar-refractivity contribution is -0.117. The number of nitrogens with one attached hydrogen (secondary N) is 3. The van der Waals surface area contributed by atoms with Gasteiger partial charge in [-0.25, -0.2) is 0 Å². The predicted octanol–water partition coefficient (Wildman–Crippen LogP) is 5.82. The highest BCUT2D eigenvalue weighted by atomic mass is 32.1. The maximum atomic E-state index is 12.6. The van der Waals surface area contributed by atoms with Gasteiger partial charge < -0.3 is 15.4 Å². The molecule has 0 saturated heterocycles. The molecule has 7 heteroatoms. The molecule has 2 aromatic rings. The molecule has 0 unspecified atom stereocenters. The molecule has 3 N–H and O–H groups in total. The van der Waals surface area contributed by atoms with Gasteiger partial charge in [0.2, 0.25) is 5.91 Å². The monoisotopic (exact) mass is 467 g/mol. The molecule has 0 aliphatic heterocycles. The first-order valence-corrected chi connectivity index (χ1v) is 12.1. The van der Waals surface area contributed by atoms with Crippen LogP contribution < -0.4 is 20.7 Å². The second-order valence-electron chi connectivity index (χ2n) is 8.44. The van der Waals surface area contributed by atoms with Crippen molar-refractivity contribution in [3.05, 3.63) is 53.6 Å². The van der Waals surface area contributed by atoms with Crippen molar-refractivity contribution in [3.63, 3.8) is 0 Å². The van der Waals surface area contributed by atoms with E-state index in [4.69, 9.17) is 17.0 Å². The number of rotatable bonds is 11. The van der Waals surface area contributed by atoms with Crippen LogP contribution >= 0.6 is 12.2 Å². The molecule has 1 saturated carbocycles. The Hall–Kier alpha value is -2.93. The van der Waals surface area contributed by atoms with Crippen molar-refractivity contribution in [2.45, 2.75) is 58.8 Å². The molecule has 33 heavy (non-hydrogen) atoms. The van der Waals surface area contributed by atoms with E-state index < -0.39 is 0 Å². The van der Waals surface area contributed by atoms with Gasteiger partial charge in [0, 0.05) is 22.9 Å². The van der Waals surface area contributed by atoms with Gasteiger partial charge in [0.1, 0.15) is 5.75 Å². The van der Waals surface area contributed by atoms with Crippen LogP contribution in [0.15, 0.2) is 42.5 Å². The van der Waals surface area contributed by atoms with Crippen molar-refractivity contribution >= 4 is 40.5 Å². The summed E-state index contributed by atoms with van der Waals surface area (Å²) in [6.07, 6.45) is 7.85. The van der Waals surface area contributed by atoms with Gasteiger partial charge >= 0.3 is 0 Å². The Balaban J connectivity index is 1.47. The smallest absolute Gasteiger partial charge is 0.257 e. The van der Waals surface area contributed by atoms with E-state index in [0.717, 1.165) is 42.0 Å². The standard InChI is InChI=1S/C26H33N3O3S/c1-3-4-5-6-7-17-32-21-15-13-20(14-16-21)25(31)29-26(33)28-23-10-8-9-22(18(23)2)27-24(30)19-11-12-19/h8-10,13-16,19H,3-7,11-12,17H2,1-2H3,(H,27,30)(H2,28,29,31,33). The SMILES string of the molecule is CCCCCCCOc1ccc(C(=O)NC(=S)Nc2cccc(NC(=O)C3CC3)c2C)cc1. The molecule has 0 heterocycles. The highest BCUT2D eigenvalue weighted by Gasteiger charge is 2.29. The minimum Gasteiger partial charge on any atom is -0.494 e. The van der Waals surface area contributed by atoms with Crippen molar-refractivity contribution < 1.29 is 14.3 Å². The Labute approximate surface area is 201 Å². The predicted molar refractivity (Wildman–Crippen MR) is 137 cm³/mol. The summed E-state index contributed by atoms with van der Waals surface area (Å²) in [6.45, 7) is 4.79. The number of carbonyl (C=O) groups is 2. The highest BCUT2D eigenvalue weighted by molar-refractivity contribution is 7.80. The quantitative estimate of drug-likeness (QED) is 0.287. The van der Waals surface area contributed by atoms with Gasteiger partial charge in [0.15, 0.2) is 5.11 Å². The minimum atomic E-state index is -0.297. The fraction of sp³-hybridized carbons (Fsp3) is 0.423. The van der Waals surface area contributed by atoms with E-state index >= 15 is 0 Å². The highest BCUT2D eigenvalue weighted by Crippen LogP contribution is 2.31. The van der Waals surface area contributed by atoms with Crippen LogP contribution in [0, 0.1) is 12.8 Å². The third-order valence-corrected chi connectivity index (χ3v) is 5.85. The summed E-state index contributed by atoms with van der Waals surface area (Å²) in [5.74, 6) is 0.636. The summed E-state index contributed by atoms with van der Waals surface area (Å²) in [5, 5.41) is 8.92. The molecule has 1 fully saturated rings. The van der Waals surface area contributed by atoms with E-state index in [0.29, 0.717) is 12.2 Å². The van der Waals surface area contributed by atoms with Gasteiger partial charge in [-0.1, -0.05) is 38.7 Å². The molecule has 1 aliphatic carbocycles. The first-order valence-electron chi connectivity index (χ1n) is 11.7. The second-order valence-corrected chi connectivity index (χ2v) is 8.85. The van der Waals surface area contributed by atoms with Gasteiger partial charge in [-0.05, 0) is 80.4 Å². The third-order valence-electron chi connectivity index (χ3n) is 5.65. The molecule has 0 atom stereocenters. The molecule has 6 nitrogen and oxygen atoms in total. The van der Waals surface area contributed by atoms with Crippen LogP contribution in [0.2, 0.25) is 0 Å². The fourth-order valence-corrected chi connectivity index (χ4v) is 3.62. The van der Waals surface area contributed by atoms with Gasteiger partial charge in [-0.15, -0.1) is 0 Å². The Bertz CT molecular complexity index is 971. The maximum absolute atomic E-state index is 12.6. The Morgan fingerprint density at radius 3 is 2.30 bits per heavy atom. The zero-order chi connectivity index (χ0) is 23.6. The average Bonchev–Trinajstić information content (AvgIpc) is 3.65. The van der Waals surface area contributed by atoms with E-state index in [9.17, 15) is 9.59 Å². The first-order chi connectivity index (χ1) is 16.0. The van der Waals surface area contributed by atoms with Crippen LogP contribution in [0.4, 0.5) is 11.4 Å². The van der Waals surface area contributed by atoms with E-state index in [1.807, 2.05) is 25.1 Å². The van der Waals surface area contributed by atoms with Gasteiger partial charge in [0.05, 0.1) is 6.61 Å². The number of thiocarbonyl (C=S) groups is 1. The maximum Gasteiger partial charge on any atom is 0.257 e. The van der Waals surface area contributed by atoms with Crippen LogP contribution in [0.1, 0.15) is 67.8 Å². The van der Waals surface area contributed by atoms with E-state index in [1.54, 1.807) is 24.3 Å². The summed E-state index contributed by atoms with van der Waals surface area (Å²) < 4.78 is 5.75. The van der Waals surface area contributed by atoms with Gasteiger partial charge in [-0.3, -0.25) is 14.9 Å². The Morgan fingerprint density at radius 1 is 0.970 bits per heavy atom. The molecule has 176 valence electrons. The van der Waals surface area contributed by atoms with E-state index in [-0.39, 0.29) is 22.8 Å². The molecule has 2 amide bonds. The lowest BCUT2D eigenvalue weighted by Crippen LogP contribution is -2.34. The molecular formula is C26H33N3O3S. The number of ether oxygens (including phenoxy) is 1. The number of hydrogen-bond donors (Lipinski definition) is 3. The van der Waals surface area contributed by atoms with Crippen molar-refractivity contribution in [2.75, 3.05) is 17.2 Å². The van der Waals surface area contributed by atoms with Crippen LogP contribution in [0.25, 0.3) is 0 Å². The third kappa shape index (κ3) is 7.86. The number of amides is 2. The van der Waals surface area contributed by atoms with Crippen LogP contribution in [-0.2, 0) is 4.79 Å². The molecule has 3 rings (SSSR count). The minimum absolute atomic E-state index is 0.0510. The summed E-state index contributed by atoms with van der Waals surface area (Å²) in [6, 6.07) is 12.6. The van der Waals surface area contributed by atoms with E-state index in [1.165, 1.54) is 25.7 Å². The lowest BCUT2D eigenvalue weighted by Gasteiger charge is -2.15. The Kier molecular flexibility index (Phi) is 9.24. The normalized spacial score (nSPS) is 12.7. The van der Waals surface area contributed by atoms with Crippen LogP contribution in [0.5, 0.6) is 5.75 Å². The molecule has 0 aromatic heterocycles. The van der Waals surface area contributed by atoms with E-state index in [2.05, 4.69) is 22.9 Å². The number of unbranched alkanes of at least 4 members (excludes halogenated alkanes) is 4. The summed E-state index contributed by atoms with van der Waals surface area (Å²) in [5.41, 5.74) is 2.83. The first kappa shape index (κ1) is 24.7. The molecule has 1 aliphatic rings. The second kappa shape index (κ2) is 12.3. The van der Waals surface area contributed by atoms with Crippen molar-refractivity contribution in [1.29, 1.82) is 0 Å². The van der Waals surface area contributed by atoms with Crippen molar-refractivity contribution in [1.82, 2.24) is 5.32 Å². The summed E-state index contributed by atoms with van der Waals surface area (Å²) in [4.78, 5) is 24.6. The molecule has 0 spiro atoms. The fourth-order valence-electron chi connectivity index (χ4n) is 3.41. The van der Waals surface area contributed by atoms with Crippen molar-refractivity contribution in [2.24, 2.45) is 5.92 Å². The number of carbonyl (C=O) groups excluding carboxylic acids is 2. The molecule has 0 radical (unpaired) electrons. The largest absolute Gasteiger partial charge is 0.494 e. The van der Waals surface area contributed by atoms with Crippen molar-refractivity contribution in [3.8, 4) is 5.75 Å². The van der Waals surface area contributed by atoms with Gasteiger partial charge in [-0.2, -0.15) is 0 Å². The number of anilines is 2. The topological polar surface area (TPSA) is 79.5 Å². The zero-order valence-electron chi connectivity index (χ0n) is 19.4. The molecule has 0 bridgehead atoms. The number of hydrogen-bond acceptors (Lipinski definition) is 4. The zero-order valence-corrected chi connectivity index (χ0v) is 20.2. The molecule has 2 aromatic carbocycles.